The van der Waals surface area contributed by atoms with Crippen LogP contribution < -0.4 is 5.32 Å². The van der Waals surface area contributed by atoms with Crippen LogP contribution in [-0.2, 0) is 16.0 Å². The van der Waals surface area contributed by atoms with Gasteiger partial charge in [0.05, 0.1) is 23.8 Å². The van der Waals surface area contributed by atoms with Crippen molar-refractivity contribution in [3.8, 4) is 11.1 Å². The zero-order valence-corrected chi connectivity index (χ0v) is 12.3. The Morgan fingerprint density at radius 2 is 2.18 bits per heavy atom. The maximum atomic E-state index is 13.1. The molecule has 0 aliphatic carbocycles. The molecule has 2 heterocycles. The first-order valence-corrected chi connectivity index (χ1v) is 7.32. The average molecular weight is 304 g/mol. The molecule has 0 spiro atoms. The van der Waals surface area contributed by atoms with Crippen LogP contribution in [0.25, 0.3) is 11.1 Å². The van der Waals surface area contributed by atoms with Crippen LogP contribution in [0.2, 0.25) is 0 Å². The predicted molar refractivity (Wildman–Crippen MR) is 78.8 cm³/mol. The fourth-order valence-corrected chi connectivity index (χ4v) is 2.52. The molecule has 1 fully saturated rings. The number of carbonyl (C=O) groups excluding carboxylic acids is 1. The van der Waals surface area contributed by atoms with Gasteiger partial charge in [-0.2, -0.15) is 0 Å². The van der Waals surface area contributed by atoms with E-state index in [1.165, 1.54) is 12.1 Å². The molecule has 1 atom stereocenters. The fourth-order valence-electron chi connectivity index (χ4n) is 2.52. The molecule has 1 N–H and O–H groups in total. The van der Waals surface area contributed by atoms with Crippen molar-refractivity contribution >= 4 is 11.8 Å². The Morgan fingerprint density at radius 3 is 2.82 bits per heavy atom. The third-order valence-corrected chi connectivity index (χ3v) is 3.77. The summed E-state index contributed by atoms with van der Waals surface area (Å²) in [7, 11) is 0. The highest BCUT2D eigenvalue weighted by atomic mass is 19.1. The molecular weight excluding hydrogens is 287 g/mol. The molecule has 116 valence electrons. The molecule has 1 aliphatic heterocycles. The molecular formula is C16H17FN2O3. The van der Waals surface area contributed by atoms with Crippen LogP contribution in [0.1, 0.15) is 19.0 Å². The number of nitrogens with one attached hydrogen (secondary N) is 1. The molecule has 1 aliphatic rings. The molecule has 5 nitrogen and oxygen atoms in total. The summed E-state index contributed by atoms with van der Waals surface area (Å²) in [6.07, 6.45) is 1.35. The first-order chi connectivity index (χ1) is 10.7. The predicted octanol–water partition coefficient (Wildman–Crippen LogP) is 3.02. The minimum atomic E-state index is -0.313. The molecule has 1 aromatic heterocycles. The van der Waals surface area contributed by atoms with E-state index in [9.17, 15) is 9.18 Å². The van der Waals surface area contributed by atoms with E-state index < -0.39 is 0 Å². The zero-order chi connectivity index (χ0) is 15.5. The molecule has 1 amide bonds. The number of ether oxygens (including phenoxy) is 1. The molecule has 1 aromatic carbocycles. The maximum absolute atomic E-state index is 13.1. The van der Waals surface area contributed by atoms with Crippen LogP contribution >= 0.6 is 0 Å². The standard InChI is InChI=1S/C16H17FN2O3/c1-2-13-14(10-3-5-12(17)6-4-10)16(22-19-13)18-15(20)11-7-8-21-9-11/h3-6,11H,2,7-9H2,1H3,(H,18,20). The van der Waals surface area contributed by atoms with Crippen molar-refractivity contribution in [1.82, 2.24) is 5.16 Å². The zero-order valence-electron chi connectivity index (χ0n) is 12.3. The van der Waals surface area contributed by atoms with Crippen molar-refractivity contribution in [2.75, 3.05) is 18.5 Å². The number of benzene rings is 1. The molecule has 2 aromatic rings. The quantitative estimate of drug-likeness (QED) is 0.943. The van der Waals surface area contributed by atoms with Gasteiger partial charge in [-0.3, -0.25) is 10.1 Å². The second kappa shape index (κ2) is 6.27. The van der Waals surface area contributed by atoms with Crippen molar-refractivity contribution in [2.24, 2.45) is 5.92 Å². The molecule has 22 heavy (non-hydrogen) atoms. The summed E-state index contributed by atoms with van der Waals surface area (Å²) in [6, 6.07) is 6.04. The lowest BCUT2D eigenvalue weighted by atomic mass is 10.0. The smallest absolute Gasteiger partial charge is 0.239 e. The lowest BCUT2D eigenvalue weighted by Gasteiger charge is -2.08. The summed E-state index contributed by atoms with van der Waals surface area (Å²) in [4.78, 5) is 12.2. The van der Waals surface area contributed by atoms with E-state index in [4.69, 9.17) is 9.26 Å². The summed E-state index contributed by atoms with van der Waals surface area (Å²) in [5.74, 6) is -0.316. The molecule has 1 unspecified atom stereocenters. The van der Waals surface area contributed by atoms with Gasteiger partial charge >= 0.3 is 0 Å². The van der Waals surface area contributed by atoms with E-state index in [1.54, 1.807) is 12.1 Å². The van der Waals surface area contributed by atoms with E-state index in [2.05, 4.69) is 10.5 Å². The minimum absolute atomic E-state index is 0.139. The highest BCUT2D eigenvalue weighted by molar-refractivity contribution is 5.95. The van der Waals surface area contributed by atoms with Gasteiger partial charge < -0.3 is 9.26 Å². The molecule has 6 heteroatoms. The van der Waals surface area contributed by atoms with Gasteiger partial charge in [-0.1, -0.05) is 24.2 Å². The second-order valence-electron chi connectivity index (χ2n) is 5.24. The number of rotatable bonds is 4. The Labute approximate surface area is 127 Å². The van der Waals surface area contributed by atoms with Crippen LogP contribution in [0.15, 0.2) is 28.8 Å². The molecule has 0 bridgehead atoms. The van der Waals surface area contributed by atoms with Crippen molar-refractivity contribution in [3.63, 3.8) is 0 Å². The van der Waals surface area contributed by atoms with Gasteiger partial charge in [0.2, 0.25) is 11.8 Å². The average Bonchev–Trinajstić information content (AvgIpc) is 3.17. The number of halogens is 1. The SMILES string of the molecule is CCc1noc(NC(=O)C2CCOC2)c1-c1ccc(F)cc1. The number of amides is 1. The number of carbonyl (C=O) groups is 1. The van der Waals surface area contributed by atoms with Crippen LogP contribution in [0.3, 0.4) is 0 Å². The Bertz CT molecular complexity index is 661. The van der Waals surface area contributed by atoms with E-state index in [0.29, 0.717) is 37.5 Å². The number of anilines is 1. The fraction of sp³-hybridized carbons (Fsp3) is 0.375. The monoisotopic (exact) mass is 304 g/mol. The Balaban J connectivity index is 1.89. The van der Waals surface area contributed by atoms with Crippen molar-refractivity contribution in [3.05, 3.63) is 35.8 Å². The van der Waals surface area contributed by atoms with Crippen molar-refractivity contribution in [1.29, 1.82) is 0 Å². The Kier molecular flexibility index (Phi) is 4.20. The summed E-state index contributed by atoms with van der Waals surface area (Å²) in [6.45, 7) is 2.97. The number of hydrogen-bond donors (Lipinski definition) is 1. The van der Waals surface area contributed by atoms with Crippen LogP contribution in [0, 0.1) is 11.7 Å². The lowest BCUT2D eigenvalue weighted by molar-refractivity contribution is -0.119. The van der Waals surface area contributed by atoms with E-state index in [1.807, 2.05) is 6.92 Å². The van der Waals surface area contributed by atoms with Gasteiger partial charge in [0.25, 0.3) is 0 Å². The topological polar surface area (TPSA) is 64.4 Å². The van der Waals surface area contributed by atoms with E-state index in [0.717, 1.165) is 11.3 Å². The third-order valence-electron chi connectivity index (χ3n) is 3.77. The number of aryl methyl sites for hydroxylation is 1. The van der Waals surface area contributed by atoms with Gasteiger partial charge in [0, 0.05) is 6.61 Å². The van der Waals surface area contributed by atoms with Gasteiger partial charge in [0.1, 0.15) is 5.82 Å². The molecule has 0 radical (unpaired) electrons. The van der Waals surface area contributed by atoms with Crippen molar-refractivity contribution < 1.29 is 18.4 Å². The maximum Gasteiger partial charge on any atom is 0.239 e. The summed E-state index contributed by atoms with van der Waals surface area (Å²) < 4.78 is 23.6. The van der Waals surface area contributed by atoms with Gasteiger partial charge in [-0.05, 0) is 30.5 Å². The number of aromatic nitrogens is 1. The number of nitrogens with zero attached hydrogens (tertiary/aromatic N) is 1. The third kappa shape index (κ3) is 2.87. The van der Waals surface area contributed by atoms with E-state index >= 15 is 0 Å². The Morgan fingerprint density at radius 1 is 1.41 bits per heavy atom. The van der Waals surface area contributed by atoms with E-state index in [-0.39, 0.29) is 17.6 Å². The number of hydrogen-bond acceptors (Lipinski definition) is 4. The van der Waals surface area contributed by atoms with Gasteiger partial charge in [-0.15, -0.1) is 0 Å². The normalized spacial score (nSPS) is 17.6. The highest BCUT2D eigenvalue weighted by Gasteiger charge is 2.26. The summed E-state index contributed by atoms with van der Waals surface area (Å²) in [5.41, 5.74) is 2.19. The van der Waals surface area contributed by atoms with Crippen LogP contribution in [0.5, 0.6) is 0 Å². The summed E-state index contributed by atoms with van der Waals surface area (Å²) >= 11 is 0. The lowest BCUT2D eigenvalue weighted by Crippen LogP contribution is -2.22. The highest BCUT2D eigenvalue weighted by Crippen LogP contribution is 2.32. The minimum Gasteiger partial charge on any atom is -0.381 e. The van der Waals surface area contributed by atoms with Crippen LogP contribution in [-0.4, -0.2) is 24.3 Å². The molecule has 1 saturated heterocycles. The van der Waals surface area contributed by atoms with Crippen molar-refractivity contribution in [2.45, 2.75) is 19.8 Å². The first kappa shape index (κ1) is 14.7. The van der Waals surface area contributed by atoms with Gasteiger partial charge in [-0.25, -0.2) is 4.39 Å². The molecule has 3 rings (SSSR count). The molecule has 0 saturated carbocycles. The van der Waals surface area contributed by atoms with Crippen LogP contribution in [0.4, 0.5) is 10.3 Å². The van der Waals surface area contributed by atoms with Gasteiger partial charge in [0.15, 0.2) is 0 Å². The largest absolute Gasteiger partial charge is 0.381 e. The Hall–Kier alpha value is -2.21. The first-order valence-electron chi connectivity index (χ1n) is 7.32. The second-order valence-corrected chi connectivity index (χ2v) is 5.24. The summed E-state index contributed by atoms with van der Waals surface area (Å²) in [5, 5.41) is 6.78.